The van der Waals surface area contributed by atoms with Gasteiger partial charge in [-0.15, -0.1) is 0 Å². The number of hydrogen-bond donors (Lipinski definition) is 1. The summed E-state index contributed by atoms with van der Waals surface area (Å²) in [6, 6.07) is 3.29. The molecule has 4 atom stereocenters. The number of rotatable bonds is 7. The van der Waals surface area contributed by atoms with E-state index in [2.05, 4.69) is 37.9 Å². The average Bonchev–Trinajstić information content (AvgIpc) is 2.77. The number of hydrogen-bond acceptors (Lipinski definition) is 2. The molecule has 2 aliphatic rings. The SMILES string of the molecule is CCC(C)CC(CC)N(CC)C1CC2CCC(C1)N2. The van der Waals surface area contributed by atoms with Crippen molar-refractivity contribution in [1.29, 1.82) is 0 Å². The second kappa shape index (κ2) is 7.08. The van der Waals surface area contributed by atoms with Crippen LogP contribution in [-0.2, 0) is 0 Å². The van der Waals surface area contributed by atoms with E-state index in [-0.39, 0.29) is 0 Å². The highest BCUT2D eigenvalue weighted by Crippen LogP contribution is 2.32. The first-order valence-corrected chi connectivity index (χ1v) is 8.69. The maximum atomic E-state index is 3.78. The summed E-state index contributed by atoms with van der Waals surface area (Å²) in [4.78, 5) is 2.85. The highest BCUT2D eigenvalue weighted by atomic mass is 15.2. The number of nitrogens with one attached hydrogen (secondary N) is 1. The normalized spacial score (nSPS) is 33.6. The summed E-state index contributed by atoms with van der Waals surface area (Å²) < 4.78 is 0. The quantitative estimate of drug-likeness (QED) is 0.754. The summed E-state index contributed by atoms with van der Waals surface area (Å²) in [7, 11) is 0. The van der Waals surface area contributed by atoms with E-state index in [0.717, 1.165) is 30.1 Å². The van der Waals surface area contributed by atoms with E-state index in [1.54, 1.807) is 0 Å². The summed E-state index contributed by atoms with van der Waals surface area (Å²) in [6.45, 7) is 10.7. The lowest BCUT2D eigenvalue weighted by atomic mass is 9.92. The standard InChI is InChI=1S/C17H34N2/c1-5-13(4)10-16(6-2)19(7-3)17-11-14-8-9-15(12-17)18-14/h13-18H,5-12H2,1-4H3. The first-order valence-electron chi connectivity index (χ1n) is 8.69. The van der Waals surface area contributed by atoms with Crippen LogP contribution in [0.4, 0.5) is 0 Å². The fourth-order valence-electron chi connectivity index (χ4n) is 4.28. The molecule has 0 aromatic heterocycles. The van der Waals surface area contributed by atoms with Crippen LogP contribution in [0.3, 0.4) is 0 Å². The molecule has 112 valence electrons. The average molecular weight is 266 g/mol. The lowest BCUT2D eigenvalue weighted by Crippen LogP contribution is -2.51. The molecule has 19 heavy (non-hydrogen) atoms. The maximum absolute atomic E-state index is 3.78. The molecule has 2 heterocycles. The molecule has 2 saturated heterocycles. The van der Waals surface area contributed by atoms with E-state index < -0.39 is 0 Å². The van der Waals surface area contributed by atoms with E-state index in [4.69, 9.17) is 0 Å². The van der Waals surface area contributed by atoms with Crippen molar-refractivity contribution in [2.75, 3.05) is 6.54 Å². The van der Waals surface area contributed by atoms with Crippen LogP contribution in [0.25, 0.3) is 0 Å². The Hall–Kier alpha value is -0.0800. The van der Waals surface area contributed by atoms with Crippen molar-refractivity contribution in [3.8, 4) is 0 Å². The molecule has 0 saturated carbocycles. The van der Waals surface area contributed by atoms with Crippen LogP contribution in [0.2, 0.25) is 0 Å². The Morgan fingerprint density at radius 3 is 2.16 bits per heavy atom. The van der Waals surface area contributed by atoms with E-state index >= 15 is 0 Å². The van der Waals surface area contributed by atoms with Gasteiger partial charge in [-0.25, -0.2) is 0 Å². The molecule has 2 fully saturated rings. The van der Waals surface area contributed by atoms with Gasteiger partial charge in [-0.2, -0.15) is 0 Å². The van der Waals surface area contributed by atoms with Crippen molar-refractivity contribution in [2.45, 2.75) is 96.8 Å². The van der Waals surface area contributed by atoms with Gasteiger partial charge in [0.15, 0.2) is 0 Å². The molecule has 0 amide bonds. The minimum atomic E-state index is 0.808. The Labute approximate surface area is 120 Å². The molecular formula is C17H34N2. The highest BCUT2D eigenvalue weighted by Gasteiger charge is 2.37. The summed E-state index contributed by atoms with van der Waals surface area (Å²) >= 11 is 0. The van der Waals surface area contributed by atoms with Crippen LogP contribution < -0.4 is 5.32 Å². The Bertz CT molecular complexity index is 254. The van der Waals surface area contributed by atoms with E-state index in [0.29, 0.717) is 0 Å². The van der Waals surface area contributed by atoms with Crippen molar-refractivity contribution >= 4 is 0 Å². The van der Waals surface area contributed by atoms with Gasteiger partial charge < -0.3 is 5.32 Å². The Morgan fingerprint density at radius 2 is 1.68 bits per heavy atom. The lowest BCUT2D eigenvalue weighted by Gasteiger charge is -2.42. The van der Waals surface area contributed by atoms with Crippen LogP contribution >= 0.6 is 0 Å². The van der Waals surface area contributed by atoms with Gasteiger partial charge in [0.25, 0.3) is 0 Å². The molecule has 0 radical (unpaired) electrons. The molecule has 4 unspecified atom stereocenters. The fourth-order valence-corrected chi connectivity index (χ4v) is 4.28. The summed E-state index contributed by atoms with van der Waals surface area (Å²) in [5, 5.41) is 3.78. The third kappa shape index (κ3) is 3.72. The summed E-state index contributed by atoms with van der Waals surface area (Å²) in [5.74, 6) is 0.873. The second-order valence-corrected chi connectivity index (χ2v) is 6.90. The van der Waals surface area contributed by atoms with Gasteiger partial charge >= 0.3 is 0 Å². The smallest absolute Gasteiger partial charge is 0.0128 e. The first kappa shape index (κ1) is 15.3. The third-order valence-corrected chi connectivity index (χ3v) is 5.59. The van der Waals surface area contributed by atoms with E-state index in [1.807, 2.05) is 0 Å². The predicted molar refractivity (Wildman–Crippen MR) is 83.5 cm³/mol. The van der Waals surface area contributed by atoms with Crippen molar-refractivity contribution in [1.82, 2.24) is 10.2 Å². The zero-order valence-electron chi connectivity index (χ0n) is 13.5. The number of piperidine rings is 1. The lowest BCUT2D eigenvalue weighted by molar-refractivity contribution is 0.0837. The summed E-state index contributed by atoms with van der Waals surface area (Å²) in [6.07, 6.45) is 9.65. The zero-order valence-corrected chi connectivity index (χ0v) is 13.5. The van der Waals surface area contributed by atoms with E-state index in [9.17, 15) is 0 Å². The predicted octanol–water partition coefficient (Wildman–Crippen LogP) is 3.81. The third-order valence-electron chi connectivity index (χ3n) is 5.59. The number of fused-ring (bicyclic) bond motifs is 2. The molecule has 0 aromatic rings. The van der Waals surface area contributed by atoms with Crippen molar-refractivity contribution < 1.29 is 0 Å². The van der Waals surface area contributed by atoms with Gasteiger partial charge in [-0.3, -0.25) is 4.90 Å². The molecule has 2 heteroatoms. The molecule has 1 N–H and O–H groups in total. The largest absolute Gasteiger partial charge is 0.311 e. The van der Waals surface area contributed by atoms with Gasteiger partial charge in [0.2, 0.25) is 0 Å². The Kier molecular flexibility index (Phi) is 5.70. The van der Waals surface area contributed by atoms with Gasteiger partial charge in [0.1, 0.15) is 0 Å². The molecule has 2 bridgehead atoms. The molecule has 0 aromatic carbocycles. The van der Waals surface area contributed by atoms with Crippen LogP contribution in [-0.4, -0.2) is 35.6 Å². The summed E-state index contributed by atoms with van der Waals surface area (Å²) in [5.41, 5.74) is 0. The van der Waals surface area contributed by atoms with Gasteiger partial charge in [0.05, 0.1) is 0 Å². The van der Waals surface area contributed by atoms with Crippen molar-refractivity contribution in [2.24, 2.45) is 5.92 Å². The molecule has 2 aliphatic heterocycles. The molecule has 2 rings (SSSR count). The molecule has 2 nitrogen and oxygen atoms in total. The van der Waals surface area contributed by atoms with Crippen LogP contribution in [0, 0.1) is 5.92 Å². The van der Waals surface area contributed by atoms with E-state index in [1.165, 1.54) is 51.5 Å². The monoisotopic (exact) mass is 266 g/mol. The Balaban J connectivity index is 1.97. The fraction of sp³-hybridized carbons (Fsp3) is 1.00. The van der Waals surface area contributed by atoms with Crippen LogP contribution in [0.1, 0.15) is 72.6 Å². The van der Waals surface area contributed by atoms with Gasteiger partial charge in [0, 0.05) is 24.2 Å². The minimum Gasteiger partial charge on any atom is -0.311 e. The van der Waals surface area contributed by atoms with Crippen LogP contribution in [0.5, 0.6) is 0 Å². The first-order chi connectivity index (χ1) is 9.17. The van der Waals surface area contributed by atoms with Gasteiger partial charge in [-0.1, -0.05) is 34.1 Å². The minimum absolute atomic E-state index is 0.808. The second-order valence-electron chi connectivity index (χ2n) is 6.90. The maximum Gasteiger partial charge on any atom is 0.0128 e. The molecule has 0 aliphatic carbocycles. The van der Waals surface area contributed by atoms with Gasteiger partial charge in [-0.05, 0) is 51.0 Å². The van der Waals surface area contributed by atoms with Crippen molar-refractivity contribution in [3.63, 3.8) is 0 Å². The van der Waals surface area contributed by atoms with Crippen LogP contribution in [0.15, 0.2) is 0 Å². The van der Waals surface area contributed by atoms with Crippen molar-refractivity contribution in [3.05, 3.63) is 0 Å². The highest BCUT2D eigenvalue weighted by molar-refractivity contribution is 4.96. The number of nitrogens with zero attached hydrogens (tertiary/aromatic N) is 1. The topological polar surface area (TPSA) is 15.3 Å². The molecule has 0 spiro atoms. The Morgan fingerprint density at radius 1 is 1.05 bits per heavy atom. The zero-order chi connectivity index (χ0) is 13.8. The molecular weight excluding hydrogens is 232 g/mol.